The maximum atomic E-state index is 12.2. The van der Waals surface area contributed by atoms with Gasteiger partial charge in [0, 0.05) is 109 Å². The summed E-state index contributed by atoms with van der Waals surface area (Å²) in [6, 6.07) is 162. The van der Waals surface area contributed by atoms with Crippen molar-refractivity contribution in [1.82, 2.24) is 36.5 Å². The Morgan fingerprint density at radius 1 is 0.150 bits per heavy atom. The van der Waals surface area contributed by atoms with Crippen LogP contribution in [0.5, 0.6) is 0 Å². The molecule has 140 heavy (non-hydrogen) atoms. The first-order valence-electron chi connectivity index (χ1n) is 47.2. The lowest BCUT2D eigenvalue weighted by Crippen LogP contribution is -2.05. The van der Waals surface area contributed by atoms with Crippen LogP contribution in [0.3, 0.4) is 0 Å². The third-order valence-corrected chi connectivity index (χ3v) is 30.1. The highest BCUT2D eigenvalue weighted by atomic mass is 15.1. The Balaban J connectivity index is 0.613. The molecule has 12 nitrogen and oxygen atoms in total. The second-order valence-electron chi connectivity index (χ2n) is 36.9. The van der Waals surface area contributed by atoms with Crippen molar-refractivity contribution in [2.45, 2.75) is 0 Å². The molecule has 0 saturated carbocycles. The Bertz CT molecular complexity index is 11100. The molecule has 0 atom stereocenters. The smallest absolute Gasteiger partial charge is 0.101 e. The van der Waals surface area contributed by atoms with Gasteiger partial charge in [-0.3, -0.25) is 0 Å². The average molecular weight is 1780 g/mol. The fourth-order valence-corrected chi connectivity index (χ4v) is 24.5. The van der Waals surface area contributed by atoms with Gasteiger partial charge in [-0.15, -0.1) is 0 Å². The number of fused-ring (bicyclic) bond motifs is 36. The molecule has 0 fully saturated rings. The van der Waals surface area contributed by atoms with Gasteiger partial charge in [-0.05, 0) is 188 Å². The van der Waals surface area contributed by atoms with Crippen LogP contribution in [-0.4, -0.2) is 36.5 Å². The second kappa shape index (κ2) is 28.9. The summed E-state index contributed by atoms with van der Waals surface area (Å²) in [4.78, 5) is 0. The van der Waals surface area contributed by atoms with Gasteiger partial charge in [0.15, 0.2) is 0 Å². The third-order valence-electron chi connectivity index (χ3n) is 30.1. The second-order valence-corrected chi connectivity index (χ2v) is 36.9. The van der Waals surface area contributed by atoms with E-state index in [1.54, 1.807) is 0 Å². The van der Waals surface area contributed by atoms with Crippen LogP contribution in [0.1, 0.15) is 22.3 Å². The summed E-state index contributed by atoms with van der Waals surface area (Å²) in [6.45, 7) is 0. The molecule has 8 aromatic heterocycles. The SMILES string of the molecule is N#Cc1cc(-n2c3ccccc3c3ccc4c(c5c6ccccc6ccc5n4-c4cccc(-c5cccc6c5ccc5c6c6ccc7c8ccccc8n(-c8cc(C#N)c(-n9c%10ccccc%10c%10ccc%11c%12c%13ccccc%13ccc%12n(-c%12ccccc%12)c%11c%109)cc8C#N)c7c6n5-c5ccccc5)c4)c32)c(C#N)cc1-n1c2ccccc2c2ccc3c(c4c5ccccc5ccc4n3-c3ccccc3)c21. The predicted molar refractivity (Wildman–Crippen MR) is 575 cm³/mol. The number of hydrogen-bond donors (Lipinski definition) is 0. The first-order chi connectivity index (χ1) is 69.4. The van der Waals surface area contributed by atoms with Crippen LogP contribution < -0.4 is 0 Å². The molecule has 0 unspecified atom stereocenters. The van der Waals surface area contributed by atoms with Crippen LogP contribution in [0.2, 0.25) is 0 Å². The van der Waals surface area contributed by atoms with Crippen molar-refractivity contribution in [1.29, 1.82) is 21.0 Å². The Hall–Kier alpha value is -19.8. The van der Waals surface area contributed by atoms with Crippen molar-refractivity contribution in [3.05, 3.63) is 447 Å². The van der Waals surface area contributed by atoms with Crippen molar-refractivity contribution in [2.75, 3.05) is 0 Å². The van der Waals surface area contributed by atoms with Crippen molar-refractivity contribution in [3.8, 4) is 80.9 Å². The lowest BCUT2D eigenvalue weighted by atomic mass is 9.95. The van der Waals surface area contributed by atoms with Gasteiger partial charge in [0.05, 0.1) is 133 Å². The predicted octanol–water partition coefficient (Wildman–Crippen LogP) is 32.2. The molecule has 0 N–H and O–H groups in total. The Kier molecular flexibility index (Phi) is 15.8. The number of benzene rings is 22. The fraction of sp³-hybridized carbons (Fsp3) is 0. The highest BCUT2D eigenvalue weighted by molar-refractivity contribution is 6.36. The van der Waals surface area contributed by atoms with E-state index >= 15 is 0 Å². The summed E-state index contributed by atoms with van der Waals surface area (Å²) < 4.78 is 18.6. The number of rotatable bonds is 9. The maximum absolute atomic E-state index is 12.2. The van der Waals surface area contributed by atoms with Gasteiger partial charge >= 0.3 is 0 Å². The van der Waals surface area contributed by atoms with E-state index in [1.165, 1.54) is 0 Å². The van der Waals surface area contributed by atoms with E-state index in [0.717, 1.165) is 251 Å². The van der Waals surface area contributed by atoms with E-state index in [4.69, 9.17) is 0 Å². The minimum atomic E-state index is 0.403. The molecule has 0 saturated heterocycles. The van der Waals surface area contributed by atoms with Crippen LogP contribution in [0, 0.1) is 45.3 Å². The summed E-state index contributed by atoms with van der Waals surface area (Å²) in [5, 5.41) is 74.0. The lowest BCUT2D eigenvalue weighted by molar-refractivity contribution is 1.11. The summed E-state index contributed by atoms with van der Waals surface area (Å²) in [7, 11) is 0. The Morgan fingerprint density at radius 2 is 0.421 bits per heavy atom. The standard InChI is InChI=1S/C128H70N12/c129-71-79-68-114(80(72-130)67-113(79)137-103-46-20-16-40-92(103)97-58-64-111-121(123(97)137)119-89-38-14-11-27-76(89)51-61-109(119)133(111)83-30-4-1-5-31-83)138-104-47-21-17-41-93(104)98-59-65-112-122(124(98)138)120-90-39-15-12-28-77(90)52-62-110(120)134(112)86-36-24-29-78(66-86)87-44-25-45-96-91(87)57-63-108-118(96)102-56-54-100-95-43-19-23-49-106(95)140(126(100)128(102)136(108)85-34-8-3-9-35-85)116-70-81(73-131)115(69-82(116)74-132)139-105-48-22-18-42-94(105)99-53-55-101-117-88-37-13-10-26-75(88)50-60-107(117)135(127(101)125(99)139)84-32-6-2-7-33-84/h1-70H. The topological polar surface area (TPSA) is 135 Å². The van der Waals surface area contributed by atoms with Crippen molar-refractivity contribution in [2.24, 2.45) is 0 Å². The van der Waals surface area contributed by atoms with E-state index in [9.17, 15) is 21.0 Å². The van der Waals surface area contributed by atoms with E-state index in [1.807, 2.05) is 24.3 Å². The molecular formula is C128H70N12. The van der Waals surface area contributed by atoms with E-state index < -0.39 is 0 Å². The molecule has 0 aliphatic heterocycles. The highest BCUT2D eigenvalue weighted by Gasteiger charge is 2.33. The molecule has 22 aromatic carbocycles. The summed E-state index contributed by atoms with van der Waals surface area (Å²) in [5.41, 5.74) is 25.5. The van der Waals surface area contributed by atoms with Crippen molar-refractivity contribution >= 4 is 218 Å². The van der Waals surface area contributed by atoms with Crippen molar-refractivity contribution < 1.29 is 0 Å². The zero-order chi connectivity index (χ0) is 92.1. The van der Waals surface area contributed by atoms with Gasteiger partial charge in [-0.25, -0.2) is 0 Å². The summed E-state index contributed by atoms with van der Waals surface area (Å²) >= 11 is 0. The Labute approximate surface area is 797 Å². The maximum Gasteiger partial charge on any atom is 0.101 e. The van der Waals surface area contributed by atoms with E-state index in [2.05, 4.69) is 461 Å². The van der Waals surface area contributed by atoms with Gasteiger partial charge in [-0.2, -0.15) is 21.0 Å². The molecular weight excluding hydrogens is 1710 g/mol. The Morgan fingerprint density at radius 3 is 0.829 bits per heavy atom. The first-order valence-corrected chi connectivity index (χ1v) is 47.2. The summed E-state index contributed by atoms with van der Waals surface area (Å²) in [6.07, 6.45) is 0. The van der Waals surface area contributed by atoms with Crippen LogP contribution >= 0.6 is 0 Å². The van der Waals surface area contributed by atoms with Crippen LogP contribution in [0.15, 0.2) is 425 Å². The quantitative estimate of drug-likeness (QED) is 0.142. The van der Waals surface area contributed by atoms with Gasteiger partial charge in [-0.1, -0.05) is 291 Å². The third kappa shape index (κ3) is 10.3. The minimum absolute atomic E-state index is 0.403. The highest BCUT2D eigenvalue weighted by Crippen LogP contribution is 2.53. The molecule has 0 aliphatic carbocycles. The molecule has 0 radical (unpaired) electrons. The molecule has 0 bridgehead atoms. The molecule has 0 spiro atoms. The zero-order valence-electron chi connectivity index (χ0n) is 74.8. The van der Waals surface area contributed by atoms with Crippen LogP contribution in [0.4, 0.5) is 0 Å². The molecule has 30 rings (SSSR count). The average Bonchev–Trinajstić information content (AvgIpc) is 1.54. The minimum Gasteiger partial charge on any atom is -0.309 e. The largest absolute Gasteiger partial charge is 0.309 e. The van der Waals surface area contributed by atoms with Gasteiger partial charge in [0.1, 0.15) is 24.3 Å². The zero-order valence-corrected chi connectivity index (χ0v) is 74.8. The number of nitriles is 4. The van der Waals surface area contributed by atoms with Crippen LogP contribution in [0.25, 0.3) is 274 Å². The van der Waals surface area contributed by atoms with Crippen molar-refractivity contribution in [3.63, 3.8) is 0 Å². The first kappa shape index (κ1) is 76.8. The van der Waals surface area contributed by atoms with Gasteiger partial charge in [0.2, 0.25) is 0 Å². The number of nitrogens with zero attached hydrogens (tertiary/aromatic N) is 12. The number of para-hydroxylation sites is 7. The van der Waals surface area contributed by atoms with E-state index in [0.29, 0.717) is 45.0 Å². The van der Waals surface area contributed by atoms with E-state index in [-0.39, 0.29) is 0 Å². The van der Waals surface area contributed by atoms with Crippen LogP contribution in [-0.2, 0) is 0 Å². The number of hydrogen-bond acceptors (Lipinski definition) is 4. The summed E-state index contributed by atoms with van der Waals surface area (Å²) in [5.74, 6) is 0. The molecule has 8 heterocycles. The lowest BCUT2D eigenvalue weighted by Gasteiger charge is -2.17. The van der Waals surface area contributed by atoms with Gasteiger partial charge in [0.25, 0.3) is 0 Å². The fourth-order valence-electron chi connectivity index (χ4n) is 24.5. The monoisotopic (exact) mass is 1770 g/mol. The van der Waals surface area contributed by atoms with Gasteiger partial charge < -0.3 is 36.5 Å². The number of aromatic nitrogens is 8. The molecule has 642 valence electrons. The normalized spacial score (nSPS) is 12.1. The molecule has 30 aromatic rings. The molecule has 0 amide bonds. The molecule has 12 heteroatoms. The molecule has 0 aliphatic rings.